The van der Waals surface area contributed by atoms with E-state index in [-0.39, 0.29) is 17.1 Å². The van der Waals surface area contributed by atoms with E-state index in [9.17, 15) is 14.4 Å². The molecule has 0 aromatic carbocycles. The summed E-state index contributed by atoms with van der Waals surface area (Å²) in [4.78, 5) is 41.4. The molecule has 0 aliphatic carbocycles. The Labute approximate surface area is 214 Å². The summed E-state index contributed by atoms with van der Waals surface area (Å²) in [5, 5.41) is 0. The maximum Gasteiger partial charge on any atom is 0.332 e. The quantitative estimate of drug-likeness (QED) is 0.174. The van der Waals surface area contributed by atoms with Crippen LogP contribution in [0.3, 0.4) is 0 Å². The zero-order valence-corrected chi connectivity index (χ0v) is 22.3. The molecule has 0 radical (unpaired) electrons. The van der Waals surface area contributed by atoms with E-state index >= 15 is 0 Å². The molecule has 0 aliphatic rings. The molecule has 0 fully saturated rings. The summed E-state index contributed by atoms with van der Waals surface area (Å²) in [6, 6.07) is 0. The highest BCUT2D eigenvalue weighted by Crippen LogP contribution is 2.19. The minimum absolute atomic E-state index is 0.251. The molecular weight excluding hydrogens is 456 g/mol. The van der Waals surface area contributed by atoms with Crippen molar-refractivity contribution >= 4 is 17.1 Å². The number of esters is 1. The lowest BCUT2D eigenvalue weighted by molar-refractivity contribution is -0.154. The molecule has 0 amide bonds. The minimum Gasteiger partial charge on any atom is -0.441 e. The molecular formula is C28H42N4O4. The van der Waals surface area contributed by atoms with Crippen molar-refractivity contribution in [1.82, 2.24) is 18.7 Å². The molecule has 0 N–H and O–H groups in total. The molecule has 0 saturated carbocycles. The van der Waals surface area contributed by atoms with Crippen molar-refractivity contribution in [2.24, 2.45) is 14.1 Å². The summed E-state index contributed by atoms with van der Waals surface area (Å²) in [7, 11) is 2.99. The van der Waals surface area contributed by atoms with Crippen LogP contribution in [0, 0.1) is 0 Å². The molecule has 2 heterocycles. The Kier molecular flexibility index (Phi) is 12.7. The third-order valence-corrected chi connectivity index (χ3v) is 6.12. The number of hydrogen-bond acceptors (Lipinski definition) is 5. The zero-order valence-electron chi connectivity index (χ0n) is 22.3. The molecule has 2 aromatic heterocycles. The van der Waals surface area contributed by atoms with Gasteiger partial charge in [0.05, 0.1) is 0 Å². The number of aryl methyl sites for hydroxylation is 1. The Morgan fingerprint density at radius 1 is 0.917 bits per heavy atom. The van der Waals surface area contributed by atoms with Gasteiger partial charge in [0.25, 0.3) is 5.56 Å². The maximum absolute atomic E-state index is 12.7. The van der Waals surface area contributed by atoms with E-state index < -0.39 is 17.5 Å². The van der Waals surface area contributed by atoms with Gasteiger partial charge in [-0.2, -0.15) is 0 Å². The van der Waals surface area contributed by atoms with Gasteiger partial charge in [0.1, 0.15) is 6.33 Å². The van der Waals surface area contributed by atoms with Gasteiger partial charge in [0.15, 0.2) is 17.4 Å². The van der Waals surface area contributed by atoms with Crippen LogP contribution in [-0.4, -0.2) is 24.7 Å². The average Bonchev–Trinajstić information content (AvgIpc) is 3.32. The van der Waals surface area contributed by atoms with Crippen LogP contribution < -0.4 is 11.2 Å². The fourth-order valence-electron chi connectivity index (χ4n) is 3.95. The number of allylic oxidation sites excluding steroid dienone is 6. The highest BCUT2D eigenvalue weighted by molar-refractivity contribution is 5.71. The molecule has 2 aromatic rings. The Hall–Kier alpha value is -3.16. The smallest absolute Gasteiger partial charge is 0.332 e. The second-order valence-corrected chi connectivity index (χ2v) is 9.01. The van der Waals surface area contributed by atoms with Crippen molar-refractivity contribution in [2.75, 3.05) is 0 Å². The van der Waals surface area contributed by atoms with E-state index in [0.717, 1.165) is 36.7 Å². The number of hydrogen-bond donors (Lipinski definition) is 0. The molecule has 0 saturated heterocycles. The van der Waals surface area contributed by atoms with Crippen molar-refractivity contribution < 1.29 is 9.53 Å². The largest absolute Gasteiger partial charge is 0.441 e. The standard InChI is InChI=1S/C28H42N4O4/c1-5-7-8-9-10-11-12-13-14-15-16-17-18-19-20-21-24(33)36-23(6-2)32-22-29-26-25(32)27(34)31(4)28(35)30(26)3/h10-11,13-14,16-17,22-23H,5-9,12,15,18-21H2,1-4H3/b11-10-,14-13-,17-16-. The molecule has 1 atom stereocenters. The summed E-state index contributed by atoms with van der Waals surface area (Å²) < 4.78 is 9.55. The van der Waals surface area contributed by atoms with Crippen LogP contribution in [0.25, 0.3) is 11.2 Å². The van der Waals surface area contributed by atoms with E-state index in [1.165, 1.54) is 43.6 Å². The van der Waals surface area contributed by atoms with Gasteiger partial charge in [-0.05, 0) is 44.9 Å². The second kappa shape index (κ2) is 15.8. The van der Waals surface area contributed by atoms with Gasteiger partial charge in [-0.25, -0.2) is 9.78 Å². The highest BCUT2D eigenvalue weighted by Gasteiger charge is 2.21. The van der Waals surface area contributed by atoms with Crippen molar-refractivity contribution in [3.8, 4) is 0 Å². The lowest BCUT2D eigenvalue weighted by Gasteiger charge is -2.18. The van der Waals surface area contributed by atoms with Gasteiger partial charge in [-0.15, -0.1) is 0 Å². The summed E-state index contributed by atoms with van der Waals surface area (Å²) >= 11 is 0. The van der Waals surface area contributed by atoms with Gasteiger partial charge < -0.3 is 4.74 Å². The summed E-state index contributed by atoms with van der Waals surface area (Å²) in [6.45, 7) is 4.10. The summed E-state index contributed by atoms with van der Waals surface area (Å²) in [5.74, 6) is -0.306. The molecule has 198 valence electrons. The van der Waals surface area contributed by atoms with Crippen molar-refractivity contribution in [3.05, 3.63) is 63.6 Å². The van der Waals surface area contributed by atoms with E-state index in [1.807, 2.05) is 6.92 Å². The zero-order chi connectivity index (χ0) is 26.3. The molecule has 2 rings (SSSR count). The first-order valence-corrected chi connectivity index (χ1v) is 13.2. The summed E-state index contributed by atoms with van der Waals surface area (Å²) in [5.41, 5.74) is -0.377. The number of carbonyl (C=O) groups excluding carboxylic acids is 1. The Morgan fingerprint density at radius 3 is 2.14 bits per heavy atom. The number of carbonyl (C=O) groups is 1. The minimum atomic E-state index is -0.648. The fourth-order valence-corrected chi connectivity index (χ4v) is 3.95. The number of imidazole rings is 1. The maximum atomic E-state index is 12.7. The first kappa shape index (κ1) is 29.1. The molecule has 8 heteroatoms. The van der Waals surface area contributed by atoms with Crippen molar-refractivity contribution in [1.29, 1.82) is 0 Å². The van der Waals surface area contributed by atoms with Crippen molar-refractivity contribution in [2.45, 2.75) is 90.7 Å². The first-order chi connectivity index (χ1) is 17.4. The molecule has 0 aliphatic heterocycles. The third-order valence-electron chi connectivity index (χ3n) is 6.12. The van der Waals surface area contributed by atoms with Gasteiger partial charge >= 0.3 is 11.7 Å². The second-order valence-electron chi connectivity index (χ2n) is 9.01. The Morgan fingerprint density at radius 2 is 1.53 bits per heavy atom. The number of nitrogens with zero attached hydrogens (tertiary/aromatic N) is 4. The monoisotopic (exact) mass is 498 g/mol. The van der Waals surface area contributed by atoms with Crippen LogP contribution >= 0.6 is 0 Å². The lowest BCUT2D eigenvalue weighted by atomic mass is 10.1. The number of aromatic nitrogens is 4. The molecule has 8 nitrogen and oxygen atoms in total. The topological polar surface area (TPSA) is 88.1 Å². The van der Waals surface area contributed by atoms with Gasteiger partial charge in [0.2, 0.25) is 0 Å². The van der Waals surface area contributed by atoms with Crippen LogP contribution in [0.4, 0.5) is 0 Å². The van der Waals surface area contributed by atoms with E-state index in [2.05, 4.69) is 48.4 Å². The average molecular weight is 499 g/mol. The lowest BCUT2D eigenvalue weighted by Crippen LogP contribution is -2.38. The highest BCUT2D eigenvalue weighted by atomic mass is 16.6. The predicted octanol–water partition coefficient (Wildman–Crippen LogP) is 5.48. The normalized spacial score (nSPS) is 13.0. The third kappa shape index (κ3) is 8.50. The first-order valence-electron chi connectivity index (χ1n) is 13.2. The molecule has 0 spiro atoms. The number of ether oxygens (including phenoxy) is 1. The van der Waals surface area contributed by atoms with Gasteiger partial charge in [-0.3, -0.25) is 23.3 Å². The SMILES string of the molecule is CCCCC/C=C\C/C=C\C/C=C\CCCCC(=O)OC(CC)n1cnc2c1c(=O)n(C)c(=O)n2C. The summed E-state index contributed by atoms with van der Waals surface area (Å²) in [6.07, 6.45) is 24.3. The van der Waals surface area contributed by atoms with Crippen LogP contribution in [0.2, 0.25) is 0 Å². The number of fused-ring (bicyclic) bond motifs is 1. The van der Waals surface area contributed by atoms with E-state index in [0.29, 0.717) is 12.8 Å². The fraction of sp³-hybridized carbons (Fsp3) is 0.571. The van der Waals surface area contributed by atoms with Crippen LogP contribution in [0.5, 0.6) is 0 Å². The number of rotatable bonds is 16. The predicted molar refractivity (Wildman–Crippen MR) is 145 cm³/mol. The molecule has 1 unspecified atom stereocenters. The van der Waals surface area contributed by atoms with Gasteiger partial charge in [-0.1, -0.05) is 63.1 Å². The van der Waals surface area contributed by atoms with E-state index in [4.69, 9.17) is 4.74 Å². The van der Waals surface area contributed by atoms with E-state index in [1.54, 1.807) is 11.6 Å². The van der Waals surface area contributed by atoms with Crippen LogP contribution in [-0.2, 0) is 23.6 Å². The van der Waals surface area contributed by atoms with Crippen LogP contribution in [0.15, 0.2) is 52.4 Å². The Balaban J connectivity index is 1.72. The molecule has 0 bridgehead atoms. The van der Waals surface area contributed by atoms with Crippen molar-refractivity contribution in [3.63, 3.8) is 0 Å². The Bertz CT molecular complexity index is 1170. The number of unbranched alkanes of at least 4 members (excludes halogenated alkanes) is 5. The van der Waals surface area contributed by atoms with Gasteiger partial charge in [0, 0.05) is 26.9 Å². The molecule has 36 heavy (non-hydrogen) atoms. The van der Waals surface area contributed by atoms with Crippen LogP contribution in [0.1, 0.15) is 90.7 Å².